The lowest BCUT2D eigenvalue weighted by atomic mass is 9.83. The number of ether oxygens (including phenoxy) is 1. The van der Waals surface area contributed by atoms with E-state index in [1.807, 2.05) is 0 Å². The monoisotopic (exact) mass is 219 g/mol. The zero-order chi connectivity index (χ0) is 10.9. The molecule has 0 bridgehead atoms. The normalized spacial score (nSPS) is 42.4. The van der Waals surface area contributed by atoms with Crippen molar-refractivity contribution >= 4 is 0 Å². The zero-order valence-corrected chi connectivity index (χ0v) is 9.14. The van der Waals surface area contributed by atoms with E-state index in [0.29, 0.717) is 18.9 Å². The summed E-state index contributed by atoms with van der Waals surface area (Å²) in [7, 11) is 0. The summed E-state index contributed by atoms with van der Waals surface area (Å²) in [5.41, 5.74) is -0.439. The van der Waals surface area contributed by atoms with Crippen LogP contribution < -0.4 is 5.32 Å². The molecule has 0 aromatic carbocycles. The van der Waals surface area contributed by atoms with Crippen molar-refractivity contribution < 1.29 is 13.5 Å². The molecule has 4 heteroatoms. The third-order valence-corrected chi connectivity index (χ3v) is 3.62. The Bertz CT molecular complexity index is 215. The summed E-state index contributed by atoms with van der Waals surface area (Å²) in [5.74, 6) is 0.702. The molecule has 1 N–H and O–H groups in total. The van der Waals surface area contributed by atoms with E-state index in [1.54, 1.807) is 0 Å². The maximum Gasteiger partial charge on any atom is 0.264 e. The molecule has 88 valence electrons. The second kappa shape index (κ2) is 4.34. The van der Waals surface area contributed by atoms with Crippen LogP contribution in [-0.4, -0.2) is 24.8 Å². The molecule has 1 aliphatic carbocycles. The standard InChI is InChI=1S/C11H19F2NO/c1-8-2-5-11(6-3-8)14-7-4-9(15-11)10(12)13/h8-10,14H,2-7H2,1H3. The van der Waals surface area contributed by atoms with Gasteiger partial charge in [-0.2, -0.15) is 0 Å². The molecule has 0 amide bonds. The van der Waals surface area contributed by atoms with Crippen molar-refractivity contribution in [3.05, 3.63) is 0 Å². The SMILES string of the molecule is CC1CCC2(CC1)NCCC(C(F)F)O2. The van der Waals surface area contributed by atoms with Gasteiger partial charge in [0.05, 0.1) is 0 Å². The molecule has 1 spiro atoms. The van der Waals surface area contributed by atoms with Gasteiger partial charge in [-0.25, -0.2) is 8.78 Å². The third kappa shape index (κ3) is 2.48. The molecule has 1 heterocycles. The van der Waals surface area contributed by atoms with Crippen LogP contribution in [0.5, 0.6) is 0 Å². The first-order valence-electron chi connectivity index (χ1n) is 5.82. The Kier molecular flexibility index (Phi) is 3.26. The van der Waals surface area contributed by atoms with Crippen LogP contribution in [0.25, 0.3) is 0 Å². The van der Waals surface area contributed by atoms with Gasteiger partial charge in [0, 0.05) is 6.54 Å². The summed E-state index contributed by atoms with van der Waals surface area (Å²) in [4.78, 5) is 0. The Morgan fingerprint density at radius 2 is 1.93 bits per heavy atom. The van der Waals surface area contributed by atoms with Gasteiger partial charge in [-0.05, 0) is 38.0 Å². The van der Waals surface area contributed by atoms with E-state index < -0.39 is 18.3 Å². The number of hydrogen-bond acceptors (Lipinski definition) is 2. The van der Waals surface area contributed by atoms with Crippen molar-refractivity contribution in [2.24, 2.45) is 5.92 Å². The van der Waals surface area contributed by atoms with Crippen LogP contribution in [0.2, 0.25) is 0 Å². The fourth-order valence-electron chi connectivity index (χ4n) is 2.53. The Labute approximate surface area is 89.4 Å². The van der Waals surface area contributed by atoms with Crippen LogP contribution >= 0.6 is 0 Å². The van der Waals surface area contributed by atoms with Gasteiger partial charge in [-0.1, -0.05) is 6.92 Å². The van der Waals surface area contributed by atoms with Crippen LogP contribution in [0, 0.1) is 5.92 Å². The number of nitrogens with one attached hydrogen (secondary N) is 1. The van der Waals surface area contributed by atoms with Gasteiger partial charge in [0.25, 0.3) is 6.43 Å². The van der Waals surface area contributed by atoms with Gasteiger partial charge in [0.2, 0.25) is 0 Å². The second-order valence-electron chi connectivity index (χ2n) is 4.88. The molecule has 2 rings (SSSR count). The molecular weight excluding hydrogens is 200 g/mol. The van der Waals surface area contributed by atoms with Crippen LogP contribution in [0.15, 0.2) is 0 Å². The first kappa shape index (κ1) is 11.3. The molecule has 0 radical (unpaired) electrons. The molecular formula is C11H19F2NO. The van der Waals surface area contributed by atoms with Gasteiger partial charge < -0.3 is 4.74 Å². The predicted molar refractivity (Wildman–Crippen MR) is 53.9 cm³/mol. The van der Waals surface area contributed by atoms with E-state index in [2.05, 4.69) is 12.2 Å². The minimum Gasteiger partial charge on any atom is -0.351 e. The second-order valence-corrected chi connectivity index (χ2v) is 4.88. The highest BCUT2D eigenvalue weighted by atomic mass is 19.3. The van der Waals surface area contributed by atoms with Gasteiger partial charge in [-0.3, -0.25) is 5.32 Å². The first-order chi connectivity index (χ1) is 7.11. The summed E-state index contributed by atoms with van der Waals surface area (Å²) in [6.07, 6.45) is 1.11. The van der Waals surface area contributed by atoms with Gasteiger partial charge >= 0.3 is 0 Å². The van der Waals surface area contributed by atoms with Crippen molar-refractivity contribution in [1.82, 2.24) is 5.32 Å². The van der Waals surface area contributed by atoms with Gasteiger partial charge in [0.15, 0.2) is 0 Å². The number of hydrogen-bond donors (Lipinski definition) is 1. The van der Waals surface area contributed by atoms with Crippen molar-refractivity contribution in [2.45, 2.75) is 57.3 Å². The predicted octanol–water partition coefficient (Wildman–Crippen LogP) is 2.54. The lowest BCUT2D eigenvalue weighted by molar-refractivity contribution is -0.198. The highest BCUT2D eigenvalue weighted by Gasteiger charge is 2.41. The van der Waals surface area contributed by atoms with Crippen molar-refractivity contribution in [3.63, 3.8) is 0 Å². The molecule has 1 unspecified atom stereocenters. The molecule has 1 aliphatic heterocycles. The lowest BCUT2D eigenvalue weighted by Gasteiger charge is -2.45. The van der Waals surface area contributed by atoms with E-state index in [0.717, 1.165) is 25.7 Å². The van der Waals surface area contributed by atoms with E-state index in [9.17, 15) is 8.78 Å². The number of halogens is 2. The first-order valence-corrected chi connectivity index (χ1v) is 5.82. The molecule has 0 aromatic heterocycles. The minimum absolute atomic E-state index is 0.426. The van der Waals surface area contributed by atoms with E-state index >= 15 is 0 Å². The lowest BCUT2D eigenvalue weighted by Crippen LogP contribution is -2.57. The van der Waals surface area contributed by atoms with E-state index in [4.69, 9.17) is 4.74 Å². The highest BCUT2D eigenvalue weighted by Crippen LogP contribution is 2.36. The van der Waals surface area contributed by atoms with Crippen molar-refractivity contribution in [1.29, 1.82) is 0 Å². The summed E-state index contributed by atoms with van der Waals surface area (Å²) < 4.78 is 30.7. The summed E-state index contributed by atoms with van der Waals surface area (Å²) in [6, 6.07) is 0. The maximum atomic E-state index is 12.6. The fourth-order valence-corrected chi connectivity index (χ4v) is 2.53. The van der Waals surface area contributed by atoms with Crippen LogP contribution in [0.4, 0.5) is 8.78 Å². The molecule has 1 saturated carbocycles. The third-order valence-electron chi connectivity index (χ3n) is 3.62. The Balaban J connectivity index is 1.96. The molecule has 15 heavy (non-hydrogen) atoms. The van der Waals surface area contributed by atoms with Gasteiger partial charge in [0.1, 0.15) is 11.8 Å². The van der Waals surface area contributed by atoms with Crippen molar-refractivity contribution in [3.8, 4) is 0 Å². The molecule has 2 aliphatic rings. The summed E-state index contributed by atoms with van der Waals surface area (Å²) >= 11 is 0. The van der Waals surface area contributed by atoms with Crippen LogP contribution in [0.1, 0.15) is 39.0 Å². The molecule has 1 atom stereocenters. The fraction of sp³-hybridized carbons (Fsp3) is 1.00. The molecule has 1 saturated heterocycles. The smallest absolute Gasteiger partial charge is 0.264 e. The van der Waals surface area contributed by atoms with Crippen molar-refractivity contribution in [2.75, 3.05) is 6.54 Å². The van der Waals surface area contributed by atoms with E-state index in [1.165, 1.54) is 0 Å². The maximum absolute atomic E-state index is 12.6. The van der Waals surface area contributed by atoms with Crippen LogP contribution in [0.3, 0.4) is 0 Å². The molecule has 2 nitrogen and oxygen atoms in total. The topological polar surface area (TPSA) is 21.3 Å². The van der Waals surface area contributed by atoms with Crippen LogP contribution in [-0.2, 0) is 4.74 Å². The van der Waals surface area contributed by atoms with Gasteiger partial charge in [-0.15, -0.1) is 0 Å². The average Bonchev–Trinajstić information content (AvgIpc) is 2.23. The number of rotatable bonds is 1. The van der Waals surface area contributed by atoms with E-state index in [-0.39, 0.29) is 0 Å². The number of alkyl halides is 2. The minimum atomic E-state index is -2.34. The Morgan fingerprint density at radius 3 is 2.53 bits per heavy atom. The largest absolute Gasteiger partial charge is 0.351 e. The molecule has 2 fully saturated rings. The summed E-state index contributed by atoms with van der Waals surface area (Å²) in [6.45, 7) is 2.86. The zero-order valence-electron chi connectivity index (χ0n) is 9.14. The quantitative estimate of drug-likeness (QED) is 0.731. The molecule has 0 aromatic rings. The Hall–Kier alpha value is -0.220. The Morgan fingerprint density at radius 1 is 1.27 bits per heavy atom. The highest BCUT2D eigenvalue weighted by molar-refractivity contribution is 4.89. The average molecular weight is 219 g/mol. The summed E-state index contributed by atoms with van der Waals surface area (Å²) in [5, 5.41) is 3.28.